The molecule has 0 atom stereocenters. The molecule has 0 bridgehead atoms. The van der Waals surface area contributed by atoms with Crippen LogP contribution in [0.25, 0.3) is 5.69 Å². The monoisotopic (exact) mass is 404 g/mol. The van der Waals surface area contributed by atoms with E-state index in [4.69, 9.17) is 4.74 Å². The van der Waals surface area contributed by atoms with Gasteiger partial charge in [-0.2, -0.15) is 4.68 Å². The number of rotatable bonds is 6. The van der Waals surface area contributed by atoms with Crippen molar-refractivity contribution >= 4 is 34.1 Å². The largest absolute Gasteiger partial charge is 0.494 e. The molecule has 0 aliphatic rings. The molecule has 3 rings (SSSR count). The number of methoxy groups -OCH3 is 1. The van der Waals surface area contributed by atoms with Crippen LogP contribution in [0.5, 0.6) is 5.75 Å². The van der Waals surface area contributed by atoms with Crippen LogP contribution < -0.4 is 10.1 Å². The minimum absolute atomic E-state index is 0.0505. The quantitative estimate of drug-likeness (QED) is 0.631. The van der Waals surface area contributed by atoms with Crippen LogP contribution in [-0.2, 0) is 10.2 Å². The third kappa shape index (κ3) is 4.64. The van der Waals surface area contributed by atoms with Gasteiger partial charge in [-0.05, 0) is 22.6 Å². The van der Waals surface area contributed by atoms with Crippen molar-refractivity contribution in [3.63, 3.8) is 0 Å². The minimum atomic E-state index is -0.163. The SMILES string of the molecule is COc1ccccc1-n1nnnc1SCC(=O)Nc1nc(C(C)(C)C)cs1. The summed E-state index contributed by atoms with van der Waals surface area (Å²) in [6, 6.07) is 7.42. The summed E-state index contributed by atoms with van der Waals surface area (Å²) in [7, 11) is 1.59. The van der Waals surface area contributed by atoms with E-state index in [0.717, 1.165) is 5.69 Å². The van der Waals surface area contributed by atoms with Crippen LogP contribution >= 0.6 is 23.1 Å². The van der Waals surface area contributed by atoms with Crippen LogP contribution in [0.15, 0.2) is 34.8 Å². The lowest BCUT2D eigenvalue weighted by molar-refractivity contribution is -0.113. The number of thioether (sulfide) groups is 1. The smallest absolute Gasteiger partial charge is 0.236 e. The number of nitrogens with one attached hydrogen (secondary N) is 1. The maximum absolute atomic E-state index is 12.3. The number of nitrogens with zero attached hydrogens (tertiary/aromatic N) is 5. The number of tetrazole rings is 1. The molecule has 27 heavy (non-hydrogen) atoms. The second kappa shape index (κ2) is 8.05. The first-order chi connectivity index (χ1) is 12.9. The summed E-state index contributed by atoms with van der Waals surface area (Å²) in [4.78, 5) is 16.7. The van der Waals surface area contributed by atoms with Crippen molar-refractivity contribution < 1.29 is 9.53 Å². The highest BCUT2D eigenvalue weighted by atomic mass is 32.2. The zero-order valence-electron chi connectivity index (χ0n) is 15.5. The third-order valence-electron chi connectivity index (χ3n) is 3.61. The highest BCUT2D eigenvalue weighted by molar-refractivity contribution is 7.99. The average molecular weight is 405 g/mol. The van der Waals surface area contributed by atoms with Crippen LogP contribution in [0.3, 0.4) is 0 Å². The number of benzene rings is 1. The van der Waals surface area contributed by atoms with Crippen molar-refractivity contribution in [3.8, 4) is 11.4 Å². The van der Waals surface area contributed by atoms with Gasteiger partial charge in [0.2, 0.25) is 11.1 Å². The fourth-order valence-corrected chi connectivity index (χ4v) is 3.82. The summed E-state index contributed by atoms with van der Waals surface area (Å²) in [6.07, 6.45) is 0. The Morgan fingerprint density at radius 2 is 2.11 bits per heavy atom. The van der Waals surface area contributed by atoms with Gasteiger partial charge in [0.1, 0.15) is 11.4 Å². The zero-order valence-corrected chi connectivity index (χ0v) is 17.1. The van der Waals surface area contributed by atoms with Crippen LogP contribution in [0.2, 0.25) is 0 Å². The third-order valence-corrected chi connectivity index (χ3v) is 5.28. The van der Waals surface area contributed by atoms with Crippen molar-refractivity contribution in [2.75, 3.05) is 18.2 Å². The first-order valence-electron chi connectivity index (χ1n) is 8.19. The molecule has 142 valence electrons. The Hall–Kier alpha value is -2.46. The summed E-state index contributed by atoms with van der Waals surface area (Å²) in [5.41, 5.74) is 1.61. The van der Waals surface area contributed by atoms with Gasteiger partial charge < -0.3 is 10.1 Å². The highest BCUT2D eigenvalue weighted by Gasteiger charge is 2.19. The van der Waals surface area contributed by atoms with Gasteiger partial charge in [-0.1, -0.05) is 44.7 Å². The number of carbonyl (C=O) groups excluding carboxylic acids is 1. The average Bonchev–Trinajstić information content (AvgIpc) is 3.28. The molecular formula is C17H20N6O2S2. The standard InChI is InChI=1S/C17H20N6O2S2/c1-17(2,3)13-9-26-15(18-13)19-14(24)10-27-16-20-21-22-23(16)11-7-5-6-8-12(11)25-4/h5-9H,10H2,1-4H3,(H,18,19,24). The number of hydrogen-bond acceptors (Lipinski definition) is 8. The van der Waals surface area contributed by atoms with Crippen molar-refractivity contribution in [3.05, 3.63) is 35.3 Å². The van der Waals surface area contributed by atoms with E-state index in [1.807, 2.05) is 29.6 Å². The molecule has 0 saturated carbocycles. The molecule has 10 heteroatoms. The maximum atomic E-state index is 12.3. The normalized spacial score (nSPS) is 11.4. The Kier molecular flexibility index (Phi) is 5.76. The van der Waals surface area contributed by atoms with Gasteiger partial charge >= 0.3 is 0 Å². The number of hydrogen-bond donors (Lipinski definition) is 1. The van der Waals surface area contributed by atoms with Gasteiger partial charge in [0.15, 0.2) is 5.13 Å². The van der Waals surface area contributed by atoms with Crippen molar-refractivity contribution in [2.24, 2.45) is 0 Å². The molecule has 1 amide bonds. The number of aromatic nitrogens is 5. The van der Waals surface area contributed by atoms with E-state index >= 15 is 0 Å². The van der Waals surface area contributed by atoms with Crippen LogP contribution in [0.4, 0.5) is 5.13 Å². The number of anilines is 1. The zero-order chi connectivity index (χ0) is 19.4. The number of carbonyl (C=O) groups is 1. The van der Waals surface area contributed by atoms with Crippen LogP contribution in [0, 0.1) is 0 Å². The van der Waals surface area contributed by atoms with E-state index < -0.39 is 0 Å². The van der Waals surface area contributed by atoms with E-state index in [0.29, 0.717) is 21.7 Å². The van der Waals surface area contributed by atoms with Crippen LogP contribution in [0.1, 0.15) is 26.5 Å². The molecule has 1 N–H and O–H groups in total. The van der Waals surface area contributed by atoms with Crippen molar-refractivity contribution in [2.45, 2.75) is 31.3 Å². The Balaban J connectivity index is 1.65. The minimum Gasteiger partial charge on any atom is -0.494 e. The molecule has 1 aromatic carbocycles. The van der Waals surface area contributed by atoms with Gasteiger partial charge in [0.25, 0.3) is 0 Å². The Morgan fingerprint density at radius 3 is 2.81 bits per heavy atom. The predicted molar refractivity (Wildman–Crippen MR) is 106 cm³/mol. The molecule has 0 aliphatic heterocycles. The van der Waals surface area contributed by atoms with Gasteiger partial charge in [-0.3, -0.25) is 4.79 Å². The molecule has 2 heterocycles. The number of thiazole rings is 1. The molecule has 0 aliphatic carbocycles. The topological polar surface area (TPSA) is 94.8 Å². The van der Waals surface area contributed by atoms with E-state index in [1.54, 1.807) is 11.8 Å². The van der Waals surface area contributed by atoms with E-state index in [2.05, 4.69) is 46.6 Å². The van der Waals surface area contributed by atoms with E-state index in [-0.39, 0.29) is 17.1 Å². The van der Waals surface area contributed by atoms with Gasteiger partial charge in [0.05, 0.1) is 18.6 Å². The molecule has 2 aromatic heterocycles. The van der Waals surface area contributed by atoms with Gasteiger partial charge in [-0.25, -0.2) is 4.98 Å². The second-order valence-electron chi connectivity index (χ2n) is 6.67. The first-order valence-corrected chi connectivity index (χ1v) is 10.1. The second-order valence-corrected chi connectivity index (χ2v) is 8.47. The summed E-state index contributed by atoms with van der Waals surface area (Å²) in [5, 5.41) is 17.6. The summed E-state index contributed by atoms with van der Waals surface area (Å²) < 4.78 is 6.90. The Labute approximate surface area is 165 Å². The molecule has 3 aromatic rings. The molecule has 0 radical (unpaired) electrons. The highest BCUT2D eigenvalue weighted by Crippen LogP contribution is 2.27. The molecule has 0 spiro atoms. The molecule has 0 unspecified atom stereocenters. The predicted octanol–water partition coefficient (Wildman–Crippen LogP) is 3.16. The summed E-state index contributed by atoms with van der Waals surface area (Å²) in [6.45, 7) is 6.25. The lowest BCUT2D eigenvalue weighted by Crippen LogP contribution is -2.16. The van der Waals surface area contributed by atoms with Crippen LogP contribution in [-0.4, -0.2) is 44.0 Å². The fourth-order valence-electron chi connectivity index (χ4n) is 2.19. The first kappa shape index (κ1) is 19.3. The summed E-state index contributed by atoms with van der Waals surface area (Å²) in [5.74, 6) is 0.651. The van der Waals surface area contributed by atoms with Gasteiger partial charge in [-0.15, -0.1) is 16.4 Å². The number of para-hydroxylation sites is 2. The lowest BCUT2D eigenvalue weighted by Gasteiger charge is -2.14. The van der Waals surface area contributed by atoms with Gasteiger partial charge in [0, 0.05) is 10.8 Å². The Bertz CT molecular complexity index is 931. The molecule has 0 fully saturated rings. The van der Waals surface area contributed by atoms with Crippen molar-refractivity contribution in [1.29, 1.82) is 0 Å². The van der Waals surface area contributed by atoms with Crippen molar-refractivity contribution in [1.82, 2.24) is 25.2 Å². The fraction of sp³-hybridized carbons (Fsp3) is 0.353. The number of ether oxygens (including phenoxy) is 1. The lowest BCUT2D eigenvalue weighted by atomic mass is 9.93. The Morgan fingerprint density at radius 1 is 1.33 bits per heavy atom. The van der Waals surface area contributed by atoms with E-state index in [9.17, 15) is 4.79 Å². The molecule has 8 nitrogen and oxygen atoms in total. The maximum Gasteiger partial charge on any atom is 0.236 e. The molecular weight excluding hydrogens is 384 g/mol. The van der Waals surface area contributed by atoms with E-state index in [1.165, 1.54) is 23.1 Å². The molecule has 0 saturated heterocycles. The number of amides is 1. The summed E-state index contributed by atoms with van der Waals surface area (Å²) >= 11 is 2.66.